The largest absolute Gasteiger partial charge is 0.508 e. The third-order valence-corrected chi connectivity index (χ3v) is 3.67. The van der Waals surface area contributed by atoms with E-state index in [0.717, 1.165) is 26.9 Å². The minimum absolute atomic E-state index is 0.127. The molecule has 3 nitrogen and oxygen atoms in total. The van der Waals surface area contributed by atoms with E-state index in [1.165, 1.54) is 6.07 Å². The predicted molar refractivity (Wildman–Crippen MR) is 84.4 cm³/mol. The molecule has 0 atom stereocenters. The van der Waals surface area contributed by atoms with Crippen molar-refractivity contribution in [1.29, 1.82) is 0 Å². The van der Waals surface area contributed by atoms with E-state index in [-0.39, 0.29) is 11.7 Å². The summed E-state index contributed by atoms with van der Waals surface area (Å²) in [5.41, 5.74) is 3.97. The Hall–Kier alpha value is -1.81. The van der Waals surface area contributed by atoms with Crippen LogP contribution in [0.25, 0.3) is 0 Å². The molecule has 0 aliphatic carbocycles. The van der Waals surface area contributed by atoms with Crippen molar-refractivity contribution in [1.82, 2.24) is 0 Å². The van der Waals surface area contributed by atoms with Crippen LogP contribution in [0.4, 0.5) is 5.69 Å². The third kappa shape index (κ3) is 3.02. The van der Waals surface area contributed by atoms with Gasteiger partial charge in [-0.1, -0.05) is 22.0 Å². The fraction of sp³-hybridized carbons (Fsp3) is 0.188. The van der Waals surface area contributed by atoms with E-state index >= 15 is 0 Å². The zero-order valence-electron chi connectivity index (χ0n) is 11.6. The van der Waals surface area contributed by atoms with Crippen LogP contribution in [-0.2, 0) is 0 Å². The van der Waals surface area contributed by atoms with Crippen molar-refractivity contribution >= 4 is 27.5 Å². The second-order valence-corrected chi connectivity index (χ2v) is 5.79. The number of anilines is 1. The molecule has 0 bridgehead atoms. The summed E-state index contributed by atoms with van der Waals surface area (Å²) in [4.78, 5) is 12.2. The minimum Gasteiger partial charge on any atom is -0.508 e. The van der Waals surface area contributed by atoms with Crippen LogP contribution in [0.5, 0.6) is 5.75 Å². The van der Waals surface area contributed by atoms with Crippen molar-refractivity contribution in [2.45, 2.75) is 20.8 Å². The van der Waals surface area contributed by atoms with Gasteiger partial charge in [0.05, 0.1) is 0 Å². The standard InChI is InChI=1S/C16H16BrNO2/c1-9-4-5-12(8-14(9)19)16(20)18-15-10(2)6-13(17)7-11(15)3/h4-8,19H,1-3H3,(H,18,20). The maximum Gasteiger partial charge on any atom is 0.255 e. The monoisotopic (exact) mass is 333 g/mol. The van der Waals surface area contributed by atoms with Gasteiger partial charge in [-0.3, -0.25) is 4.79 Å². The van der Waals surface area contributed by atoms with E-state index in [9.17, 15) is 9.90 Å². The molecule has 0 saturated heterocycles. The van der Waals surface area contributed by atoms with Crippen LogP contribution in [0.3, 0.4) is 0 Å². The molecule has 2 rings (SSSR count). The lowest BCUT2D eigenvalue weighted by molar-refractivity contribution is 0.102. The number of aromatic hydroxyl groups is 1. The lowest BCUT2D eigenvalue weighted by Gasteiger charge is -2.12. The van der Waals surface area contributed by atoms with Crippen molar-refractivity contribution in [3.8, 4) is 5.75 Å². The van der Waals surface area contributed by atoms with Gasteiger partial charge in [0, 0.05) is 15.7 Å². The second kappa shape index (κ2) is 5.67. The molecule has 2 aromatic carbocycles. The number of nitrogens with one attached hydrogen (secondary N) is 1. The number of carbonyl (C=O) groups excluding carboxylic acids is 1. The topological polar surface area (TPSA) is 49.3 Å². The molecular weight excluding hydrogens is 318 g/mol. The van der Waals surface area contributed by atoms with E-state index in [0.29, 0.717) is 5.56 Å². The van der Waals surface area contributed by atoms with E-state index < -0.39 is 0 Å². The molecule has 0 aromatic heterocycles. The summed E-state index contributed by atoms with van der Waals surface area (Å²) < 4.78 is 0.985. The van der Waals surface area contributed by atoms with E-state index in [1.807, 2.05) is 26.0 Å². The van der Waals surface area contributed by atoms with Crippen molar-refractivity contribution in [2.75, 3.05) is 5.32 Å². The number of aryl methyl sites for hydroxylation is 3. The molecular formula is C16H16BrNO2. The molecule has 0 saturated carbocycles. The number of phenols is 1. The van der Waals surface area contributed by atoms with Gasteiger partial charge in [0.25, 0.3) is 5.91 Å². The molecule has 1 amide bonds. The van der Waals surface area contributed by atoms with Gasteiger partial charge in [-0.15, -0.1) is 0 Å². The summed E-state index contributed by atoms with van der Waals surface area (Å²) in [6, 6.07) is 8.82. The van der Waals surface area contributed by atoms with Crippen LogP contribution in [0.15, 0.2) is 34.8 Å². The Balaban J connectivity index is 2.30. The minimum atomic E-state index is -0.228. The van der Waals surface area contributed by atoms with Crippen LogP contribution >= 0.6 is 15.9 Å². The second-order valence-electron chi connectivity index (χ2n) is 4.87. The van der Waals surface area contributed by atoms with E-state index in [4.69, 9.17) is 0 Å². The number of phenolic OH excluding ortho intramolecular Hbond substituents is 1. The van der Waals surface area contributed by atoms with Crippen LogP contribution in [0, 0.1) is 20.8 Å². The Morgan fingerprint density at radius 2 is 1.65 bits per heavy atom. The Kier molecular flexibility index (Phi) is 4.14. The molecule has 0 aliphatic heterocycles. The van der Waals surface area contributed by atoms with Crippen LogP contribution in [0.1, 0.15) is 27.0 Å². The molecule has 0 fully saturated rings. The molecule has 20 heavy (non-hydrogen) atoms. The van der Waals surface area contributed by atoms with E-state index in [1.54, 1.807) is 19.1 Å². The Morgan fingerprint density at radius 3 is 2.20 bits per heavy atom. The van der Waals surface area contributed by atoms with Crippen molar-refractivity contribution in [2.24, 2.45) is 0 Å². The van der Waals surface area contributed by atoms with Crippen LogP contribution in [-0.4, -0.2) is 11.0 Å². The lowest BCUT2D eigenvalue weighted by Crippen LogP contribution is -2.13. The maximum absolute atomic E-state index is 12.2. The highest BCUT2D eigenvalue weighted by Gasteiger charge is 2.11. The molecule has 0 heterocycles. The highest BCUT2D eigenvalue weighted by Crippen LogP contribution is 2.26. The zero-order valence-corrected chi connectivity index (χ0v) is 13.2. The van der Waals surface area contributed by atoms with Gasteiger partial charge >= 0.3 is 0 Å². The van der Waals surface area contributed by atoms with Gasteiger partial charge in [-0.2, -0.15) is 0 Å². The average molecular weight is 334 g/mol. The Morgan fingerprint density at radius 1 is 1.05 bits per heavy atom. The molecule has 0 radical (unpaired) electrons. The molecule has 0 aliphatic rings. The summed E-state index contributed by atoms with van der Waals surface area (Å²) in [7, 11) is 0. The third-order valence-electron chi connectivity index (χ3n) is 3.21. The summed E-state index contributed by atoms with van der Waals surface area (Å²) in [6.45, 7) is 5.68. The first-order valence-corrected chi connectivity index (χ1v) is 7.05. The predicted octanol–water partition coefficient (Wildman–Crippen LogP) is 4.33. The first kappa shape index (κ1) is 14.6. The number of rotatable bonds is 2. The van der Waals surface area contributed by atoms with Gasteiger partial charge in [0.2, 0.25) is 0 Å². The smallest absolute Gasteiger partial charge is 0.255 e. The zero-order chi connectivity index (χ0) is 14.9. The average Bonchev–Trinajstić information content (AvgIpc) is 2.36. The van der Waals surface area contributed by atoms with Crippen LogP contribution < -0.4 is 5.32 Å². The number of carbonyl (C=O) groups is 1. The fourth-order valence-corrected chi connectivity index (χ4v) is 2.73. The molecule has 2 aromatic rings. The first-order valence-electron chi connectivity index (χ1n) is 6.26. The molecule has 2 N–H and O–H groups in total. The van der Waals surface area contributed by atoms with Gasteiger partial charge in [-0.25, -0.2) is 0 Å². The quantitative estimate of drug-likeness (QED) is 0.859. The molecule has 104 valence electrons. The van der Waals surface area contributed by atoms with Crippen molar-refractivity contribution < 1.29 is 9.90 Å². The maximum atomic E-state index is 12.2. The van der Waals surface area contributed by atoms with Gasteiger partial charge < -0.3 is 10.4 Å². The first-order chi connectivity index (χ1) is 9.38. The number of amides is 1. The summed E-state index contributed by atoms with van der Waals surface area (Å²) >= 11 is 3.43. The van der Waals surface area contributed by atoms with E-state index in [2.05, 4.69) is 21.2 Å². The summed E-state index contributed by atoms with van der Waals surface area (Å²) in [5, 5.41) is 12.6. The number of hydrogen-bond donors (Lipinski definition) is 2. The Labute approximate surface area is 126 Å². The van der Waals surface area contributed by atoms with Crippen molar-refractivity contribution in [3.63, 3.8) is 0 Å². The fourth-order valence-electron chi connectivity index (χ4n) is 2.04. The summed E-state index contributed by atoms with van der Waals surface area (Å²) in [5.74, 6) is -0.101. The van der Waals surface area contributed by atoms with Gasteiger partial charge in [-0.05, 0) is 61.7 Å². The highest BCUT2D eigenvalue weighted by atomic mass is 79.9. The summed E-state index contributed by atoms with van der Waals surface area (Å²) in [6.07, 6.45) is 0. The highest BCUT2D eigenvalue weighted by molar-refractivity contribution is 9.10. The number of halogens is 1. The normalized spacial score (nSPS) is 10.4. The van der Waals surface area contributed by atoms with Gasteiger partial charge in [0.1, 0.15) is 5.75 Å². The number of hydrogen-bond acceptors (Lipinski definition) is 2. The molecule has 0 spiro atoms. The number of benzene rings is 2. The van der Waals surface area contributed by atoms with Gasteiger partial charge in [0.15, 0.2) is 0 Å². The Bertz CT molecular complexity index is 657. The van der Waals surface area contributed by atoms with Crippen molar-refractivity contribution in [3.05, 3.63) is 57.1 Å². The van der Waals surface area contributed by atoms with Crippen LogP contribution in [0.2, 0.25) is 0 Å². The molecule has 4 heteroatoms. The lowest BCUT2D eigenvalue weighted by atomic mass is 10.1. The molecule has 0 unspecified atom stereocenters. The SMILES string of the molecule is Cc1ccc(C(=O)Nc2c(C)cc(Br)cc2C)cc1O.